The average molecular weight is 468 g/mol. The summed E-state index contributed by atoms with van der Waals surface area (Å²) in [5.74, 6) is 0.982. The minimum Gasteiger partial charge on any atom is -0.441 e. The van der Waals surface area contributed by atoms with Crippen molar-refractivity contribution in [1.82, 2.24) is 30.1 Å². The third-order valence-electron chi connectivity index (χ3n) is 4.29. The third kappa shape index (κ3) is 4.03. The summed E-state index contributed by atoms with van der Waals surface area (Å²) in [6.07, 6.45) is -0.833. The van der Waals surface area contributed by atoms with Crippen molar-refractivity contribution in [2.24, 2.45) is 0 Å². The van der Waals surface area contributed by atoms with Crippen LogP contribution in [-0.4, -0.2) is 55.8 Å². The summed E-state index contributed by atoms with van der Waals surface area (Å²) in [6, 6.07) is 3.33. The van der Waals surface area contributed by atoms with Gasteiger partial charge in [-0.05, 0) is 35.8 Å². The largest absolute Gasteiger partial charge is 0.441 e. The number of hydrogen-bond donors (Lipinski definition) is 3. The zero-order valence-electron chi connectivity index (χ0n) is 15.6. The lowest BCUT2D eigenvalue weighted by Gasteiger charge is -2.16. The summed E-state index contributed by atoms with van der Waals surface area (Å²) in [5, 5.41) is 16.7. The molecule has 0 aliphatic carbocycles. The van der Waals surface area contributed by atoms with Crippen LogP contribution in [0.25, 0.3) is 5.52 Å². The van der Waals surface area contributed by atoms with Crippen LogP contribution in [0.3, 0.4) is 0 Å². The molecule has 4 heterocycles. The first-order valence-electron chi connectivity index (χ1n) is 8.95. The molecule has 4 rings (SSSR count). The Hall–Kier alpha value is -2.73. The number of alkyl halides is 1. The molecule has 1 amide bonds. The Morgan fingerprint density at radius 1 is 1.52 bits per heavy atom. The van der Waals surface area contributed by atoms with Crippen LogP contribution in [0.2, 0.25) is 0 Å². The number of carbonyl (C=O) groups excluding carboxylic acids is 1. The molecule has 3 N–H and O–H groups in total. The number of alkyl carbamates (subject to hydrolysis) is 1. The van der Waals surface area contributed by atoms with Gasteiger partial charge < -0.3 is 20.1 Å². The van der Waals surface area contributed by atoms with E-state index in [1.807, 2.05) is 0 Å². The summed E-state index contributed by atoms with van der Waals surface area (Å²) >= 11 is 3.38. The minimum absolute atomic E-state index is 0.0379. The number of halogens is 2. The lowest BCUT2D eigenvalue weighted by atomic mass is 10.1. The van der Waals surface area contributed by atoms with E-state index in [2.05, 4.69) is 46.8 Å². The van der Waals surface area contributed by atoms with E-state index in [0.29, 0.717) is 21.9 Å². The van der Waals surface area contributed by atoms with E-state index in [1.165, 1.54) is 0 Å². The van der Waals surface area contributed by atoms with Gasteiger partial charge in [-0.2, -0.15) is 10.2 Å². The first-order valence-corrected chi connectivity index (χ1v) is 9.75. The molecule has 1 fully saturated rings. The molecular formula is C17H19BrFN7O3. The molecule has 0 aromatic carbocycles. The first-order chi connectivity index (χ1) is 13.9. The zero-order chi connectivity index (χ0) is 20.5. The zero-order valence-corrected chi connectivity index (χ0v) is 17.2. The topological polar surface area (TPSA) is 118 Å². The number of nitrogens with one attached hydrogen (secondary N) is 3. The Morgan fingerprint density at radius 2 is 2.34 bits per heavy atom. The van der Waals surface area contributed by atoms with Crippen molar-refractivity contribution < 1.29 is 18.7 Å². The highest BCUT2D eigenvalue weighted by atomic mass is 79.9. The van der Waals surface area contributed by atoms with E-state index in [9.17, 15) is 9.18 Å². The van der Waals surface area contributed by atoms with Crippen LogP contribution in [0.1, 0.15) is 25.6 Å². The van der Waals surface area contributed by atoms with E-state index in [-0.39, 0.29) is 12.6 Å². The van der Waals surface area contributed by atoms with E-state index in [0.717, 1.165) is 5.52 Å². The molecular weight excluding hydrogens is 449 g/mol. The number of hydrogen-bond acceptors (Lipinski definition) is 7. The second kappa shape index (κ2) is 7.95. The standard InChI is InChI=1S/C17H19BrFN7O3/c1-8(2)22-17(27)29-11-7-28-15(14(11)19)9-5-13(25-24-9)23-16-10-3-4-21-26(10)12(18)6-20-16/h3-6,8,11,14-15H,7H2,1-2H3,(H,22,27)(H2,20,23,24,25)/t11-,14+,15-/m1/s1. The molecule has 1 saturated heterocycles. The van der Waals surface area contributed by atoms with Gasteiger partial charge in [-0.3, -0.25) is 5.10 Å². The Labute approximate surface area is 173 Å². The van der Waals surface area contributed by atoms with E-state index in [1.54, 1.807) is 42.9 Å². The van der Waals surface area contributed by atoms with Crippen molar-refractivity contribution in [3.8, 4) is 0 Å². The Bertz CT molecular complexity index is 1020. The summed E-state index contributed by atoms with van der Waals surface area (Å²) in [6.45, 7) is 3.54. The van der Waals surface area contributed by atoms with Gasteiger partial charge in [0.15, 0.2) is 23.9 Å². The van der Waals surface area contributed by atoms with Crippen LogP contribution >= 0.6 is 15.9 Å². The maximum Gasteiger partial charge on any atom is 0.407 e. The molecule has 12 heteroatoms. The number of carbonyl (C=O) groups is 1. The van der Waals surface area contributed by atoms with Gasteiger partial charge in [0.25, 0.3) is 0 Å². The third-order valence-corrected chi connectivity index (χ3v) is 4.83. The molecule has 29 heavy (non-hydrogen) atoms. The van der Waals surface area contributed by atoms with Crippen molar-refractivity contribution in [1.29, 1.82) is 0 Å². The Kier molecular flexibility index (Phi) is 5.37. The lowest BCUT2D eigenvalue weighted by molar-refractivity contribution is 0.0615. The lowest BCUT2D eigenvalue weighted by Crippen LogP contribution is -2.36. The SMILES string of the molecule is CC(C)NC(=O)O[C@@H]1CO[C@H](c2cc(Nc3ncc(Br)n4nccc34)n[nH]2)[C@H]1F. The van der Waals surface area contributed by atoms with Gasteiger partial charge >= 0.3 is 6.09 Å². The van der Waals surface area contributed by atoms with Gasteiger partial charge in [-0.15, -0.1) is 0 Å². The highest BCUT2D eigenvalue weighted by Crippen LogP contribution is 2.33. The van der Waals surface area contributed by atoms with Gasteiger partial charge in [0.2, 0.25) is 0 Å². The van der Waals surface area contributed by atoms with Crippen LogP contribution in [0.5, 0.6) is 0 Å². The summed E-state index contributed by atoms with van der Waals surface area (Å²) in [5.41, 5.74) is 1.17. The molecule has 10 nitrogen and oxygen atoms in total. The van der Waals surface area contributed by atoms with Gasteiger partial charge in [0.1, 0.15) is 16.2 Å². The number of aromatic nitrogens is 5. The molecule has 3 atom stereocenters. The average Bonchev–Trinajstić information content (AvgIpc) is 3.38. The number of H-pyrrole nitrogens is 1. The summed E-state index contributed by atoms with van der Waals surface area (Å²) in [7, 11) is 0. The number of aromatic amines is 1. The van der Waals surface area contributed by atoms with Gasteiger partial charge in [-0.1, -0.05) is 0 Å². The molecule has 0 unspecified atom stereocenters. The summed E-state index contributed by atoms with van der Waals surface area (Å²) < 4.78 is 27.7. The normalized spacial score (nSPS) is 21.6. The highest BCUT2D eigenvalue weighted by Gasteiger charge is 2.42. The smallest absolute Gasteiger partial charge is 0.407 e. The monoisotopic (exact) mass is 467 g/mol. The Morgan fingerprint density at radius 3 is 3.14 bits per heavy atom. The van der Waals surface area contributed by atoms with Crippen molar-refractivity contribution in [3.63, 3.8) is 0 Å². The molecule has 0 bridgehead atoms. The molecule has 0 saturated carbocycles. The van der Waals surface area contributed by atoms with E-state index < -0.39 is 24.5 Å². The number of fused-ring (bicyclic) bond motifs is 1. The first kappa shape index (κ1) is 19.6. The van der Waals surface area contributed by atoms with Gasteiger partial charge in [0, 0.05) is 12.1 Å². The molecule has 0 spiro atoms. The van der Waals surface area contributed by atoms with E-state index >= 15 is 0 Å². The van der Waals surface area contributed by atoms with E-state index in [4.69, 9.17) is 9.47 Å². The molecule has 0 radical (unpaired) electrons. The van der Waals surface area contributed by atoms with Crippen molar-refractivity contribution >= 4 is 39.2 Å². The molecule has 3 aromatic rings. The van der Waals surface area contributed by atoms with Gasteiger partial charge in [-0.25, -0.2) is 18.7 Å². The van der Waals surface area contributed by atoms with Crippen LogP contribution in [0.4, 0.5) is 20.8 Å². The highest BCUT2D eigenvalue weighted by molar-refractivity contribution is 9.10. The van der Waals surface area contributed by atoms with Crippen molar-refractivity contribution in [3.05, 3.63) is 34.8 Å². The number of ether oxygens (including phenoxy) is 2. The molecule has 1 aliphatic heterocycles. The van der Waals surface area contributed by atoms with Crippen molar-refractivity contribution in [2.45, 2.75) is 38.3 Å². The quantitative estimate of drug-likeness (QED) is 0.527. The Balaban J connectivity index is 1.44. The predicted octanol–water partition coefficient (Wildman–Crippen LogP) is 2.87. The second-order valence-corrected chi connectivity index (χ2v) is 7.64. The fourth-order valence-electron chi connectivity index (χ4n) is 3.00. The molecule has 3 aromatic heterocycles. The summed E-state index contributed by atoms with van der Waals surface area (Å²) in [4.78, 5) is 16.0. The van der Waals surface area contributed by atoms with Crippen molar-refractivity contribution in [2.75, 3.05) is 11.9 Å². The minimum atomic E-state index is -1.52. The van der Waals surface area contributed by atoms with Crippen LogP contribution < -0.4 is 10.6 Å². The fourth-order valence-corrected chi connectivity index (χ4v) is 3.39. The second-order valence-electron chi connectivity index (χ2n) is 6.83. The maximum atomic E-state index is 14.8. The van der Waals surface area contributed by atoms with Crippen LogP contribution in [-0.2, 0) is 9.47 Å². The number of nitrogens with zero attached hydrogens (tertiary/aromatic N) is 4. The maximum absolute atomic E-state index is 14.8. The predicted molar refractivity (Wildman–Crippen MR) is 105 cm³/mol. The van der Waals surface area contributed by atoms with Gasteiger partial charge in [0.05, 0.1) is 24.7 Å². The molecule has 154 valence electrons. The van der Waals surface area contributed by atoms with Crippen LogP contribution in [0.15, 0.2) is 29.1 Å². The number of amides is 1. The number of anilines is 2. The molecule has 1 aliphatic rings. The number of rotatable bonds is 5. The van der Waals surface area contributed by atoms with Crippen LogP contribution in [0, 0.1) is 0 Å². The fraction of sp³-hybridized carbons (Fsp3) is 0.412.